The van der Waals surface area contributed by atoms with Gasteiger partial charge in [0.1, 0.15) is 4.84 Å². The summed E-state index contributed by atoms with van der Waals surface area (Å²) in [6.07, 6.45) is -2.43. The van der Waals surface area contributed by atoms with Gasteiger partial charge in [0.25, 0.3) is 6.43 Å². The Morgan fingerprint density at radius 1 is 1.18 bits per heavy atom. The summed E-state index contributed by atoms with van der Waals surface area (Å²) in [6, 6.07) is 2.85. The molecule has 0 aliphatic rings. The van der Waals surface area contributed by atoms with Crippen molar-refractivity contribution < 1.29 is 8.78 Å². The van der Waals surface area contributed by atoms with E-state index in [4.69, 9.17) is 23.2 Å². The molecule has 11 heavy (non-hydrogen) atoms. The number of halogens is 4. The van der Waals surface area contributed by atoms with Gasteiger partial charge in [0.05, 0.1) is 4.88 Å². The first-order chi connectivity index (χ1) is 5.11. The maximum absolute atomic E-state index is 12.0. The zero-order valence-electron chi connectivity index (χ0n) is 5.23. The molecule has 0 bridgehead atoms. The fourth-order valence-electron chi connectivity index (χ4n) is 0.603. The monoisotopic (exact) mass is 216 g/mol. The van der Waals surface area contributed by atoms with E-state index in [0.29, 0.717) is 4.88 Å². The molecule has 0 aliphatic heterocycles. The van der Waals surface area contributed by atoms with E-state index in [1.54, 1.807) is 0 Å². The summed E-state index contributed by atoms with van der Waals surface area (Å²) in [5.41, 5.74) is 0. The number of hydrogen-bond acceptors (Lipinski definition) is 1. The van der Waals surface area contributed by atoms with Gasteiger partial charge in [-0.25, -0.2) is 8.78 Å². The minimum absolute atomic E-state index is 0.00583. The second kappa shape index (κ2) is 3.70. The first-order valence-corrected chi connectivity index (χ1v) is 4.46. The molecule has 0 saturated carbocycles. The molecule has 0 radical (unpaired) electrons. The van der Waals surface area contributed by atoms with E-state index in [1.807, 2.05) is 0 Å². The molecule has 0 aliphatic carbocycles. The molecule has 5 heteroatoms. The summed E-state index contributed by atoms with van der Waals surface area (Å²) in [6.45, 7) is 0. The predicted molar refractivity (Wildman–Crippen MR) is 43.7 cm³/mol. The van der Waals surface area contributed by atoms with Gasteiger partial charge >= 0.3 is 0 Å². The Morgan fingerprint density at radius 3 is 2.00 bits per heavy atom. The lowest BCUT2D eigenvalue weighted by Gasteiger charge is -1.93. The molecular formula is C6H4Cl2F2S. The van der Waals surface area contributed by atoms with Crippen LogP contribution >= 0.6 is 34.5 Å². The third-order valence-electron chi connectivity index (χ3n) is 1.08. The Hall–Kier alpha value is 0.140. The Balaban J connectivity index is 2.82. The van der Waals surface area contributed by atoms with Crippen molar-refractivity contribution in [3.8, 4) is 0 Å². The molecule has 0 N–H and O–H groups in total. The lowest BCUT2D eigenvalue weighted by Crippen LogP contribution is -1.73. The molecule has 1 aromatic heterocycles. The Bertz CT molecular complexity index is 212. The van der Waals surface area contributed by atoms with Crippen molar-refractivity contribution in [2.75, 3.05) is 0 Å². The van der Waals surface area contributed by atoms with E-state index >= 15 is 0 Å². The molecule has 0 amide bonds. The van der Waals surface area contributed by atoms with Crippen LogP contribution in [-0.2, 0) is 0 Å². The van der Waals surface area contributed by atoms with Crippen molar-refractivity contribution in [2.24, 2.45) is 0 Å². The van der Waals surface area contributed by atoms with Gasteiger partial charge in [0.15, 0.2) is 0 Å². The van der Waals surface area contributed by atoms with Crippen LogP contribution in [0.1, 0.15) is 21.0 Å². The van der Waals surface area contributed by atoms with Crippen LogP contribution in [0.15, 0.2) is 12.1 Å². The first-order valence-electron chi connectivity index (χ1n) is 2.77. The fourth-order valence-corrected chi connectivity index (χ4v) is 1.74. The zero-order valence-corrected chi connectivity index (χ0v) is 7.56. The molecule has 62 valence electrons. The van der Waals surface area contributed by atoms with Gasteiger partial charge in [0, 0.05) is 4.88 Å². The summed E-state index contributed by atoms with van der Waals surface area (Å²) in [5, 5.41) is 0. The SMILES string of the molecule is FC(F)c1ccc(C(Cl)Cl)s1. The molecule has 0 spiro atoms. The number of hydrogen-bond donors (Lipinski definition) is 0. The van der Waals surface area contributed by atoms with Gasteiger partial charge in [-0.05, 0) is 12.1 Å². The predicted octanol–water partition coefficient (Wildman–Crippen LogP) is 4.16. The smallest absolute Gasteiger partial charge is 0.204 e. The molecule has 1 aromatic rings. The van der Waals surface area contributed by atoms with Gasteiger partial charge in [0.2, 0.25) is 0 Å². The van der Waals surface area contributed by atoms with Gasteiger partial charge in [-0.3, -0.25) is 0 Å². The molecule has 1 rings (SSSR count). The van der Waals surface area contributed by atoms with Gasteiger partial charge in [-0.2, -0.15) is 0 Å². The van der Waals surface area contributed by atoms with Crippen molar-refractivity contribution in [3.05, 3.63) is 21.9 Å². The third-order valence-corrected chi connectivity index (χ3v) is 2.96. The van der Waals surface area contributed by atoms with Crippen LogP contribution in [0.4, 0.5) is 8.78 Å². The molecule has 0 nitrogen and oxygen atoms in total. The van der Waals surface area contributed by atoms with Crippen molar-refractivity contribution in [1.82, 2.24) is 0 Å². The average molecular weight is 217 g/mol. The summed E-state index contributed by atoms with van der Waals surface area (Å²) in [5.74, 6) is 0. The van der Waals surface area contributed by atoms with Crippen LogP contribution in [-0.4, -0.2) is 0 Å². The van der Waals surface area contributed by atoms with E-state index in [0.717, 1.165) is 11.3 Å². The van der Waals surface area contributed by atoms with Crippen molar-refractivity contribution in [2.45, 2.75) is 11.3 Å². The summed E-state index contributed by atoms with van der Waals surface area (Å²) in [7, 11) is 0. The van der Waals surface area contributed by atoms with E-state index in [2.05, 4.69) is 0 Å². The van der Waals surface area contributed by atoms with E-state index < -0.39 is 11.3 Å². The lowest BCUT2D eigenvalue weighted by atomic mass is 10.4. The van der Waals surface area contributed by atoms with Crippen LogP contribution in [0.3, 0.4) is 0 Å². The standard InChI is InChI=1S/C6H4Cl2F2S/c7-5(8)3-1-2-4(11-3)6(9)10/h1-2,5-6H. The highest BCUT2D eigenvalue weighted by Crippen LogP contribution is 2.34. The minimum atomic E-state index is -2.43. The molecule has 0 atom stereocenters. The normalized spacial score (nSPS) is 11.5. The molecule has 0 saturated heterocycles. The van der Waals surface area contributed by atoms with E-state index in [9.17, 15) is 8.78 Å². The Kier molecular flexibility index (Phi) is 3.10. The van der Waals surface area contributed by atoms with E-state index in [1.165, 1.54) is 12.1 Å². The number of thiophene rings is 1. The van der Waals surface area contributed by atoms with Crippen molar-refractivity contribution >= 4 is 34.5 Å². The quantitative estimate of drug-likeness (QED) is 0.652. The Morgan fingerprint density at radius 2 is 1.73 bits per heavy atom. The second-order valence-corrected chi connectivity index (χ2v) is 4.08. The highest BCUT2D eigenvalue weighted by Gasteiger charge is 2.12. The highest BCUT2D eigenvalue weighted by molar-refractivity contribution is 7.12. The van der Waals surface area contributed by atoms with Crippen molar-refractivity contribution in [3.63, 3.8) is 0 Å². The number of alkyl halides is 4. The summed E-state index contributed by atoms with van der Waals surface area (Å²) < 4.78 is 23.9. The average Bonchev–Trinajstić information content (AvgIpc) is 2.33. The van der Waals surface area contributed by atoms with Crippen LogP contribution in [0, 0.1) is 0 Å². The topological polar surface area (TPSA) is 0 Å². The lowest BCUT2D eigenvalue weighted by molar-refractivity contribution is 0.155. The molecule has 0 fully saturated rings. The second-order valence-electron chi connectivity index (χ2n) is 1.84. The maximum Gasteiger partial charge on any atom is 0.272 e. The van der Waals surface area contributed by atoms with Crippen LogP contribution in [0.25, 0.3) is 0 Å². The van der Waals surface area contributed by atoms with E-state index in [-0.39, 0.29) is 4.88 Å². The van der Waals surface area contributed by atoms with Gasteiger partial charge in [-0.1, -0.05) is 23.2 Å². The zero-order chi connectivity index (χ0) is 8.43. The largest absolute Gasteiger partial charge is 0.272 e. The molecule has 0 unspecified atom stereocenters. The summed E-state index contributed by atoms with van der Waals surface area (Å²) in [4.78, 5) is -0.137. The molecule has 0 aromatic carbocycles. The van der Waals surface area contributed by atoms with Gasteiger partial charge < -0.3 is 0 Å². The number of rotatable bonds is 2. The van der Waals surface area contributed by atoms with Gasteiger partial charge in [-0.15, -0.1) is 11.3 Å². The van der Waals surface area contributed by atoms with Crippen LogP contribution < -0.4 is 0 Å². The molecular weight excluding hydrogens is 213 g/mol. The molecule has 1 heterocycles. The summed E-state index contributed by atoms with van der Waals surface area (Å²) >= 11 is 11.8. The van der Waals surface area contributed by atoms with Crippen LogP contribution in [0.2, 0.25) is 0 Å². The third kappa shape index (κ3) is 2.29. The van der Waals surface area contributed by atoms with Crippen molar-refractivity contribution in [1.29, 1.82) is 0 Å². The first kappa shape index (κ1) is 9.23. The van der Waals surface area contributed by atoms with Crippen LogP contribution in [0.5, 0.6) is 0 Å². The Labute approximate surface area is 76.7 Å². The minimum Gasteiger partial charge on any atom is -0.204 e. The fraction of sp³-hybridized carbons (Fsp3) is 0.333. The highest BCUT2D eigenvalue weighted by atomic mass is 35.5. The maximum atomic E-state index is 12.0.